The summed E-state index contributed by atoms with van der Waals surface area (Å²) in [6.07, 6.45) is 2.16. The Morgan fingerprint density at radius 3 is 2.12 bits per heavy atom. The first-order valence-corrected chi connectivity index (χ1v) is 10.6. The molecule has 0 aliphatic carbocycles. The number of nitrogens with zero attached hydrogens (tertiary/aromatic N) is 1. The van der Waals surface area contributed by atoms with Crippen LogP contribution in [0.3, 0.4) is 0 Å². The van der Waals surface area contributed by atoms with Gasteiger partial charge in [-0.3, -0.25) is 19.2 Å². The maximum atomic E-state index is 12.5. The normalized spacial score (nSPS) is 12.3. The van der Waals surface area contributed by atoms with Crippen LogP contribution >= 0.6 is 0 Å². The predicted octanol–water partition coefficient (Wildman–Crippen LogP) is 2.33. The molecule has 32 heavy (non-hydrogen) atoms. The van der Waals surface area contributed by atoms with E-state index in [1.54, 1.807) is 38.1 Å². The number of nitrogens with two attached hydrogens (primary N) is 1. The summed E-state index contributed by atoms with van der Waals surface area (Å²) in [5.74, 6) is 2.25. The molecule has 0 aromatic heterocycles. The number of carbonyl (C=O) groups is 4. The molecule has 0 fully saturated rings. The van der Waals surface area contributed by atoms with E-state index in [0.29, 0.717) is 5.69 Å². The average molecular weight is 449 g/mol. The third-order valence-corrected chi connectivity index (χ3v) is 5.57. The largest absolute Gasteiger partial charge is 0.481 e. The molecular formula is C22H32N4O6. The second-order valence-corrected chi connectivity index (χ2v) is 7.52. The van der Waals surface area contributed by atoms with Gasteiger partial charge >= 0.3 is 11.9 Å². The highest BCUT2D eigenvalue weighted by Gasteiger charge is 2.43. The maximum absolute atomic E-state index is 12.5. The van der Waals surface area contributed by atoms with E-state index in [-0.39, 0.29) is 50.9 Å². The molecule has 1 aromatic rings. The smallest absolute Gasteiger partial charge is 0.311 e. The minimum absolute atomic E-state index is 0.0853. The molecule has 0 radical (unpaired) electrons. The minimum Gasteiger partial charge on any atom is -0.481 e. The van der Waals surface area contributed by atoms with E-state index < -0.39 is 29.3 Å². The molecule has 0 saturated heterocycles. The van der Waals surface area contributed by atoms with Gasteiger partial charge < -0.3 is 26.7 Å². The minimum atomic E-state index is -1.20. The molecule has 1 aromatic carbocycles. The molecular weight excluding hydrogens is 416 g/mol. The molecule has 10 heteroatoms. The number of hydrazone groups is 1. The third kappa shape index (κ3) is 8.01. The standard InChI is InChI=1S/C22H32N4O6/c1-3-22(4-2,21(31)32)17(6-5-7-20(29)30)26-19(28)13-12-18(27)25-16-10-8-15(9-11-16)14-24-23/h8-11,14,17H,3-7,12-13,23H2,1-2H3,(H,25,27)(H,26,28)(H,29,30)(H,31,32). The maximum Gasteiger partial charge on any atom is 0.311 e. The van der Waals surface area contributed by atoms with Crippen molar-refractivity contribution in [1.29, 1.82) is 0 Å². The van der Waals surface area contributed by atoms with Crippen LogP contribution in [0.5, 0.6) is 0 Å². The van der Waals surface area contributed by atoms with Crippen LogP contribution in [0.1, 0.15) is 64.4 Å². The van der Waals surface area contributed by atoms with Crippen molar-refractivity contribution >= 4 is 35.7 Å². The highest BCUT2D eigenvalue weighted by atomic mass is 16.4. The summed E-state index contributed by atoms with van der Waals surface area (Å²) < 4.78 is 0. The molecule has 6 N–H and O–H groups in total. The first-order valence-electron chi connectivity index (χ1n) is 10.6. The summed E-state index contributed by atoms with van der Waals surface area (Å²) in [6, 6.07) is 6.07. The van der Waals surface area contributed by atoms with Gasteiger partial charge in [0.05, 0.1) is 11.6 Å². The van der Waals surface area contributed by atoms with Gasteiger partial charge in [0.15, 0.2) is 0 Å². The van der Waals surface area contributed by atoms with Crippen molar-refractivity contribution in [3.05, 3.63) is 29.8 Å². The average Bonchev–Trinajstić information content (AvgIpc) is 2.74. The highest BCUT2D eigenvalue weighted by molar-refractivity contribution is 5.93. The fourth-order valence-electron chi connectivity index (χ4n) is 3.59. The molecule has 0 spiro atoms. The second-order valence-electron chi connectivity index (χ2n) is 7.52. The lowest BCUT2D eigenvalue weighted by molar-refractivity contribution is -0.152. The van der Waals surface area contributed by atoms with Crippen molar-refractivity contribution in [2.45, 2.75) is 64.8 Å². The van der Waals surface area contributed by atoms with Gasteiger partial charge in [0.2, 0.25) is 11.8 Å². The Bertz CT molecular complexity index is 818. The summed E-state index contributed by atoms with van der Waals surface area (Å²) in [5, 5.41) is 27.5. The molecule has 1 rings (SSSR count). The van der Waals surface area contributed by atoms with Crippen LogP contribution in [0.2, 0.25) is 0 Å². The predicted molar refractivity (Wildman–Crippen MR) is 120 cm³/mol. The third-order valence-electron chi connectivity index (χ3n) is 5.57. The number of anilines is 1. The lowest BCUT2D eigenvalue weighted by Gasteiger charge is -2.36. The number of benzene rings is 1. The van der Waals surface area contributed by atoms with Gasteiger partial charge in [-0.2, -0.15) is 5.10 Å². The molecule has 0 heterocycles. The fourth-order valence-corrected chi connectivity index (χ4v) is 3.59. The number of hydrogen-bond acceptors (Lipinski definition) is 6. The van der Waals surface area contributed by atoms with E-state index in [1.165, 1.54) is 6.21 Å². The van der Waals surface area contributed by atoms with Crippen LogP contribution in [0.4, 0.5) is 5.69 Å². The zero-order valence-corrected chi connectivity index (χ0v) is 18.5. The van der Waals surface area contributed by atoms with Crippen LogP contribution in [0.15, 0.2) is 29.4 Å². The fraction of sp³-hybridized carbons (Fsp3) is 0.500. The van der Waals surface area contributed by atoms with Gasteiger partial charge in [-0.05, 0) is 43.4 Å². The first-order chi connectivity index (χ1) is 15.2. The van der Waals surface area contributed by atoms with Crippen LogP contribution < -0.4 is 16.5 Å². The molecule has 2 amide bonds. The zero-order valence-electron chi connectivity index (χ0n) is 18.5. The van der Waals surface area contributed by atoms with E-state index in [4.69, 9.17) is 10.9 Å². The summed E-state index contributed by atoms with van der Waals surface area (Å²) in [6.45, 7) is 3.46. The summed E-state index contributed by atoms with van der Waals surface area (Å²) >= 11 is 0. The first kappa shape index (κ1) is 26.6. The van der Waals surface area contributed by atoms with E-state index in [2.05, 4.69) is 15.7 Å². The highest BCUT2D eigenvalue weighted by Crippen LogP contribution is 2.34. The van der Waals surface area contributed by atoms with Crippen molar-refractivity contribution in [3.63, 3.8) is 0 Å². The topological polar surface area (TPSA) is 171 Å². The Balaban J connectivity index is 2.72. The molecule has 0 aliphatic rings. The molecule has 1 unspecified atom stereocenters. The van der Waals surface area contributed by atoms with E-state index in [9.17, 15) is 24.3 Å². The summed E-state index contributed by atoms with van der Waals surface area (Å²) in [4.78, 5) is 47.5. The number of nitrogens with one attached hydrogen (secondary N) is 2. The number of carbonyl (C=O) groups excluding carboxylic acids is 2. The van der Waals surface area contributed by atoms with Crippen molar-refractivity contribution in [3.8, 4) is 0 Å². The molecule has 10 nitrogen and oxygen atoms in total. The molecule has 0 bridgehead atoms. The van der Waals surface area contributed by atoms with Gasteiger partial charge in [-0.1, -0.05) is 26.0 Å². The lowest BCUT2D eigenvalue weighted by atomic mass is 9.73. The number of amides is 2. The van der Waals surface area contributed by atoms with Crippen LogP contribution in [-0.2, 0) is 19.2 Å². The van der Waals surface area contributed by atoms with E-state index >= 15 is 0 Å². The van der Waals surface area contributed by atoms with Gasteiger partial charge in [0.1, 0.15) is 0 Å². The Morgan fingerprint density at radius 2 is 1.62 bits per heavy atom. The monoisotopic (exact) mass is 448 g/mol. The van der Waals surface area contributed by atoms with Crippen LogP contribution in [0, 0.1) is 5.41 Å². The molecule has 0 saturated carbocycles. The Hall–Kier alpha value is -3.43. The Kier molecular flexibility index (Phi) is 10.9. The van der Waals surface area contributed by atoms with Gasteiger partial charge in [-0.15, -0.1) is 0 Å². The summed E-state index contributed by atoms with van der Waals surface area (Å²) in [5.41, 5.74) is 0.121. The van der Waals surface area contributed by atoms with Crippen molar-refractivity contribution in [2.24, 2.45) is 16.4 Å². The summed E-state index contributed by atoms with van der Waals surface area (Å²) in [7, 11) is 0. The SMILES string of the molecule is CCC(CC)(C(=O)O)C(CCCC(=O)O)NC(=O)CCC(=O)Nc1ccc(C=NN)cc1. The number of carboxylic acids is 2. The Labute approximate surface area is 187 Å². The van der Waals surface area contributed by atoms with Crippen LogP contribution in [0.25, 0.3) is 0 Å². The Morgan fingerprint density at radius 1 is 1.03 bits per heavy atom. The molecule has 176 valence electrons. The van der Waals surface area contributed by atoms with Gasteiger partial charge in [-0.25, -0.2) is 0 Å². The van der Waals surface area contributed by atoms with E-state index in [0.717, 1.165) is 5.56 Å². The van der Waals surface area contributed by atoms with Crippen molar-refractivity contribution in [1.82, 2.24) is 5.32 Å². The number of carboxylic acid groups (broad SMARTS) is 2. The van der Waals surface area contributed by atoms with Crippen LogP contribution in [-0.4, -0.2) is 46.2 Å². The number of aliphatic carboxylic acids is 2. The second kappa shape index (κ2) is 13.1. The lowest BCUT2D eigenvalue weighted by Crippen LogP contribution is -2.51. The number of rotatable bonds is 14. The van der Waals surface area contributed by atoms with Gasteiger partial charge in [0, 0.05) is 31.0 Å². The zero-order chi connectivity index (χ0) is 24.1. The van der Waals surface area contributed by atoms with Crippen molar-refractivity contribution < 1.29 is 29.4 Å². The van der Waals surface area contributed by atoms with E-state index in [1.807, 2.05) is 0 Å². The van der Waals surface area contributed by atoms with Crippen molar-refractivity contribution in [2.75, 3.05) is 5.32 Å². The molecule has 1 atom stereocenters. The molecule has 0 aliphatic heterocycles. The quantitative estimate of drug-likeness (QED) is 0.165. The van der Waals surface area contributed by atoms with Gasteiger partial charge in [0.25, 0.3) is 0 Å². The number of hydrogen-bond donors (Lipinski definition) is 5.